The van der Waals surface area contributed by atoms with E-state index >= 15 is 0 Å². The first-order chi connectivity index (χ1) is 13.4. The number of nitrogens with one attached hydrogen (secondary N) is 1. The molecule has 0 unspecified atom stereocenters. The third-order valence-corrected chi connectivity index (χ3v) is 5.60. The largest absolute Gasteiger partial charge is 0.327 e. The monoisotopic (exact) mass is 382 g/mol. The van der Waals surface area contributed by atoms with Crippen LogP contribution in [0.3, 0.4) is 0 Å². The second kappa shape index (κ2) is 8.57. The number of nitrogens with zero attached hydrogens (tertiary/aromatic N) is 3. The molecular weight excluding hydrogens is 355 g/mol. The van der Waals surface area contributed by atoms with Crippen molar-refractivity contribution in [2.75, 3.05) is 18.9 Å². The number of hydrogen-bond acceptors (Lipinski definition) is 3. The summed E-state index contributed by atoms with van der Waals surface area (Å²) in [6, 6.07) is 8.88. The smallest absolute Gasteiger partial charge is 0.239 e. The van der Waals surface area contributed by atoms with E-state index in [1.807, 2.05) is 25.8 Å². The predicted octanol–water partition coefficient (Wildman–Crippen LogP) is 4.30. The molecule has 148 valence electrons. The van der Waals surface area contributed by atoms with Crippen molar-refractivity contribution in [3.8, 4) is 6.07 Å². The van der Waals surface area contributed by atoms with Crippen LogP contribution in [-0.2, 0) is 11.3 Å². The molecule has 1 aliphatic rings. The van der Waals surface area contributed by atoms with Gasteiger partial charge >= 0.3 is 0 Å². The third-order valence-electron chi connectivity index (χ3n) is 5.60. The highest BCUT2D eigenvalue weighted by molar-refractivity contribution is 5.93. The van der Waals surface area contributed by atoms with Crippen LogP contribution in [0.5, 0.6) is 0 Å². The van der Waals surface area contributed by atoms with Crippen LogP contribution in [0.15, 0.2) is 24.3 Å². The van der Waals surface area contributed by atoms with E-state index < -0.39 is 0 Å². The topological polar surface area (TPSA) is 61.1 Å². The molecule has 0 aliphatic heterocycles. The summed E-state index contributed by atoms with van der Waals surface area (Å²) in [7, 11) is 1.85. The van der Waals surface area contributed by atoms with Crippen LogP contribution >= 0.6 is 0 Å². The quantitative estimate of drug-likeness (QED) is 0.810. The predicted molar refractivity (Wildman–Crippen MR) is 107 cm³/mol. The molecule has 1 amide bonds. The fourth-order valence-electron chi connectivity index (χ4n) is 4.08. The standard InChI is InChI=1S/C22H27FN4O/c1-15-16(2)27(19-6-4-5-7-19)22(20(15)12-24)25-21(28)14-26(3)13-17-8-10-18(23)11-9-17/h8-11,19H,4-7,13-14H2,1-3H3,(H,25,28). The summed E-state index contributed by atoms with van der Waals surface area (Å²) < 4.78 is 15.2. The van der Waals surface area contributed by atoms with Crippen molar-refractivity contribution in [1.82, 2.24) is 9.47 Å². The molecule has 1 heterocycles. The molecule has 1 aromatic carbocycles. The molecule has 1 aliphatic carbocycles. The van der Waals surface area contributed by atoms with Gasteiger partial charge in [0.15, 0.2) is 0 Å². The number of carbonyl (C=O) groups excluding carboxylic acids is 1. The Morgan fingerprint density at radius 1 is 1.29 bits per heavy atom. The number of amides is 1. The van der Waals surface area contributed by atoms with Gasteiger partial charge in [0.05, 0.1) is 12.1 Å². The van der Waals surface area contributed by atoms with Gasteiger partial charge in [0.2, 0.25) is 5.91 Å². The molecule has 1 aromatic heterocycles. The summed E-state index contributed by atoms with van der Waals surface area (Å²) in [6.07, 6.45) is 4.51. The van der Waals surface area contributed by atoms with E-state index in [0.29, 0.717) is 24.0 Å². The molecular formula is C22H27FN4O. The van der Waals surface area contributed by atoms with Crippen LogP contribution in [0.1, 0.15) is 54.1 Å². The molecule has 3 rings (SSSR count). The fraction of sp³-hybridized carbons (Fsp3) is 0.455. The lowest BCUT2D eigenvalue weighted by Gasteiger charge is -2.21. The number of likely N-dealkylation sites (N-methyl/N-ethyl adjacent to an activating group) is 1. The lowest BCUT2D eigenvalue weighted by Crippen LogP contribution is -2.31. The van der Waals surface area contributed by atoms with Gasteiger partial charge in [-0.25, -0.2) is 4.39 Å². The number of hydrogen-bond donors (Lipinski definition) is 1. The number of rotatable bonds is 6. The van der Waals surface area contributed by atoms with Crippen LogP contribution in [0.4, 0.5) is 10.2 Å². The Morgan fingerprint density at radius 3 is 2.54 bits per heavy atom. The highest BCUT2D eigenvalue weighted by Crippen LogP contribution is 2.37. The van der Waals surface area contributed by atoms with Crippen molar-refractivity contribution in [2.45, 2.75) is 52.1 Å². The van der Waals surface area contributed by atoms with Crippen molar-refractivity contribution in [3.05, 3.63) is 52.5 Å². The van der Waals surface area contributed by atoms with E-state index in [1.54, 1.807) is 12.1 Å². The number of halogens is 1. The van der Waals surface area contributed by atoms with Gasteiger partial charge in [0.1, 0.15) is 17.7 Å². The Labute approximate surface area is 165 Å². The summed E-state index contributed by atoms with van der Waals surface area (Å²) >= 11 is 0. The van der Waals surface area contributed by atoms with E-state index in [1.165, 1.54) is 25.0 Å². The van der Waals surface area contributed by atoms with Gasteiger partial charge in [0.25, 0.3) is 0 Å². The van der Waals surface area contributed by atoms with Gasteiger partial charge in [-0.15, -0.1) is 0 Å². The van der Waals surface area contributed by atoms with E-state index in [-0.39, 0.29) is 18.3 Å². The summed E-state index contributed by atoms with van der Waals surface area (Å²) in [5.41, 5.74) is 3.48. The zero-order chi connectivity index (χ0) is 20.3. The Bertz CT molecular complexity index is 889. The van der Waals surface area contributed by atoms with Crippen LogP contribution in [0.2, 0.25) is 0 Å². The maximum Gasteiger partial charge on any atom is 0.239 e. The zero-order valence-corrected chi connectivity index (χ0v) is 16.8. The Hall–Kier alpha value is -2.65. The van der Waals surface area contributed by atoms with Crippen molar-refractivity contribution in [3.63, 3.8) is 0 Å². The average Bonchev–Trinajstić information content (AvgIpc) is 3.24. The molecule has 0 bridgehead atoms. The number of aromatic nitrogens is 1. The van der Waals surface area contributed by atoms with Crippen LogP contribution in [-0.4, -0.2) is 29.0 Å². The highest BCUT2D eigenvalue weighted by atomic mass is 19.1. The highest BCUT2D eigenvalue weighted by Gasteiger charge is 2.26. The summed E-state index contributed by atoms with van der Waals surface area (Å²) in [4.78, 5) is 14.6. The molecule has 5 nitrogen and oxygen atoms in total. The van der Waals surface area contributed by atoms with Crippen molar-refractivity contribution in [1.29, 1.82) is 5.26 Å². The van der Waals surface area contributed by atoms with Gasteiger partial charge in [-0.3, -0.25) is 9.69 Å². The second-order valence-corrected chi connectivity index (χ2v) is 7.70. The maximum absolute atomic E-state index is 13.0. The first kappa shape index (κ1) is 20.1. The molecule has 0 atom stereocenters. The van der Waals surface area contributed by atoms with Gasteiger partial charge < -0.3 is 9.88 Å². The number of nitriles is 1. The van der Waals surface area contributed by atoms with Crippen LogP contribution in [0.25, 0.3) is 0 Å². The Kier molecular flexibility index (Phi) is 6.15. The second-order valence-electron chi connectivity index (χ2n) is 7.70. The Balaban J connectivity index is 1.73. The van der Waals surface area contributed by atoms with Crippen LogP contribution in [0, 0.1) is 31.0 Å². The molecule has 1 N–H and O–H groups in total. The average molecular weight is 382 g/mol. The minimum Gasteiger partial charge on any atom is -0.327 e. The molecule has 0 spiro atoms. The lowest BCUT2D eigenvalue weighted by molar-refractivity contribution is -0.117. The first-order valence-corrected chi connectivity index (χ1v) is 9.75. The minimum absolute atomic E-state index is 0.155. The van der Waals surface area contributed by atoms with Gasteiger partial charge in [-0.1, -0.05) is 25.0 Å². The molecule has 1 saturated carbocycles. The van der Waals surface area contributed by atoms with Gasteiger partial charge in [-0.05, 0) is 57.0 Å². The summed E-state index contributed by atoms with van der Waals surface area (Å²) in [5.74, 6) is 0.203. The van der Waals surface area contributed by atoms with Gasteiger partial charge in [-0.2, -0.15) is 5.26 Å². The Morgan fingerprint density at radius 2 is 1.93 bits per heavy atom. The lowest BCUT2D eigenvalue weighted by atomic mass is 10.2. The molecule has 0 saturated heterocycles. The minimum atomic E-state index is -0.272. The summed E-state index contributed by atoms with van der Waals surface area (Å²) in [6.45, 7) is 4.69. The molecule has 0 radical (unpaired) electrons. The normalized spacial score (nSPS) is 14.4. The number of anilines is 1. The van der Waals surface area contributed by atoms with Crippen LogP contribution < -0.4 is 5.32 Å². The van der Waals surface area contributed by atoms with E-state index in [9.17, 15) is 14.4 Å². The number of carbonyl (C=O) groups is 1. The zero-order valence-electron chi connectivity index (χ0n) is 16.8. The molecule has 6 heteroatoms. The fourth-order valence-corrected chi connectivity index (χ4v) is 4.08. The third kappa shape index (κ3) is 4.26. The van der Waals surface area contributed by atoms with Crippen molar-refractivity contribution in [2.24, 2.45) is 0 Å². The van der Waals surface area contributed by atoms with E-state index in [2.05, 4.69) is 16.0 Å². The molecule has 1 fully saturated rings. The number of benzene rings is 1. The van der Waals surface area contributed by atoms with Crippen molar-refractivity contribution < 1.29 is 9.18 Å². The van der Waals surface area contributed by atoms with Crippen molar-refractivity contribution >= 4 is 11.7 Å². The van der Waals surface area contributed by atoms with E-state index in [0.717, 1.165) is 29.7 Å². The first-order valence-electron chi connectivity index (χ1n) is 9.75. The molecule has 2 aromatic rings. The maximum atomic E-state index is 13.0. The molecule has 28 heavy (non-hydrogen) atoms. The summed E-state index contributed by atoms with van der Waals surface area (Å²) in [5, 5.41) is 12.6. The SMILES string of the molecule is Cc1c(C#N)c(NC(=O)CN(C)Cc2ccc(F)cc2)n(C2CCCC2)c1C. The van der Waals surface area contributed by atoms with E-state index in [4.69, 9.17) is 0 Å². The van der Waals surface area contributed by atoms with Gasteiger partial charge in [0, 0.05) is 18.3 Å².